The van der Waals surface area contributed by atoms with Crippen molar-refractivity contribution in [2.75, 3.05) is 11.4 Å². The van der Waals surface area contributed by atoms with Gasteiger partial charge in [0.05, 0.1) is 0 Å². The third kappa shape index (κ3) is 1.92. The average Bonchev–Trinajstić information content (AvgIpc) is 3.04. The molecule has 0 bridgehead atoms. The van der Waals surface area contributed by atoms with Crippen molar-refractivity contribution in [1.29, 1.82) is 0 Å². The lowest BCUT2D eigenvalue weighted by Gasteiger charge is -2.26. The first-order chi connectivity index (χ1) is 9.31. The Labute approximate surface area is 119 Å². The molecule has 0 radical (unpaired) electrons. The van der Waals surface area contributed by atoms with E-state index in [4.69, 9.17) is 0 Å². The van der Waals surface area contributed by atoms with Crippen LogP contribution >= 0.6 is 22.7 Å². The monoisotopic (exact) mass is 290 g/mol. The van der Waals surface area contributed by atoms with Gasteiger partial charge in [-0.15, -0.1) is 22.7 Å². The molecule has 3 nitrogen and oxygen atoms in total. The maximum Gasteiger partial charge on any atom is 0.186 e. The van der Waals surface area contributed by atoms with Gasteiger partial charge in [-0.05, 0) is 36.3 Å². The summed E-state index contributed by atoms with van der Waals surface area (Å²) in [7, 11) is 0. The summed E-state index contributed by atoms with van der Waals surface area (Å²) in [5.41, 5.74) is 2.18. The number of rotatable bonds is 1. The molecule has 1 aliphatic heterocycles. The van der Waals surface area contributed by atoms with Crippen LogP contribution in [0.15, 0.2) is 11.4 Å². The highest BCUT2D eigenvalue weighted by molar-refractivity contribution is 7.16. The van der Waals surface area contributed by atoms with Crippen LogP contribution in [-0.4, -0.2) is 17.3 Å². The molecule has 4 rings (SSSR count). The third-order valence-corrected chi connectivity index (χ3v) is 6.03. The molecule has 19 heavy (non-hydrogen) atoms. The molecule has 0 aromatic carbocycles. The molecule has 5 heteroatoms. The lowest BCUT2D eigenvalue weighted by atomic mass is 10.0. The highest BCUT2D eigenvalue weighted by atomic mass is 32.1. The molecule has 0 amide bonds. The number of Topliss-reactive ketones (excluding diaryl/α,β-unsaturated/α-hetero) is 1. The van der Waals surface area contributed by atoms with E-state index >= 15 is 0 Å². The summed E-state index contributed by atoms with van der Waals surface area (Å²) in [6.45, 7) is 1.97. The van der Waals surface area contributed by atoms with E-state index in [9.17, 15) is 4.79 Å². The van der Waals surface area contributed by atoms with Gasteiger partial charge >= 0.3 is 0 Å². The molecule has 0 spiro atoms. The Morgan fingerprint density at radius 3 is 3.05 bits per heavy atom. The van der Waals surface area contributed by atoms with E-state index in [2.05, 4.69) is 21.3 Å². The second kappa shape index (κ2) is 4.42. The number of carbonyl (C=O) groups excluding carboxylic acids is 1. The third-order valence-electron chi connectivity index (χ3n) is 3.84. The second-order valence-electron chi connectivity index (χ2n) is 5.09. The van der Waals surface area contributed by atoms with Crippen molar-refractivity contribution >= 4 is 33.6 Å². The number of carbonyl (C=O) groups is 1. The Bertz CT molecular complexity index is 644. The van der Waals surface area contributed by atoms with Crippen LogP contribution in [0.4, 0.5) is 5.13 Å². The van der Waals surface area contributed by atoms with Crippen molar-refractivity contribution in [3.8, 4) is 0 Å². The maximum atomic E-state index is 11.9. The molecule has 98 valence electrons. The van der Waals surface area contributed by atoms with Crippen molar-refractivity contribution < 1.29 is 4.79 Å². The van der Waals surface area contributed by atoms with E-state index in [1.54, 1.807) is 11.3 Å². The Morgan fingerprint density at radius 1 is 1.21 bits per heavy atom. The predicted octanol–water partition coefficient (Wildman–Crippen LogP) is 3.29. The van der Waals surface area contributed by atoms with Crippen molar-refractivity contribution in [2.24, 2.45) is 0 Å². The van der Waals surface area contributed by atoms with Gasteiger partial charge in [0.1, 0.15) is 5.69 Å². The summed E-state index contributed by atoms with van der Waals surface area (Å²) < 4.78 is 0. The molecule has 0 unspecified atom stereocenters. The summed E-state index contributed by atoms with van der Waals surface area (Å²) >= 11 is 3.57. The number of nitrogens with zero attached hydrogens (tertiary/aromatic N) is 2. The van der Waals surface area contributed by atoms with Crippen LogP contribution in [-0.2, 0) is 19.4 Å². The molecule has 0 saturated heterocycles. The van der Waals surface area contributed by atoms with E-state index < -0.39 is 0 Å². The first-order valence-electron chi connectivity index (χ1n) is 6.64. The van der Waals surface area contributed by atoms with Crippen molar-refractivity contribution in [3.05, 3.63) is 32.5 Å². The zero-order valence-corrected chi connectivity index (χ0v) is 12.1. The average molecular weight is 290 g/mol. The molecular weight excluding hydrogens is 276 g/mol. The molecule has 2 aliphatic rings. The summed E-state index contributed by atoms with van der Waals surface area (Å²) in [6.07, 6.45) is 3.79. The van der Waals surface area contributed by atoms with Crippen LogP contribution < -0.4 is 4.90 Å². The van der Waals surface area contributed by atoms with E-state index in [-0.39, 0.29) is 5.78 Å². The standard InChI is InChI=1S/C14H14N2OS2/c17-10-2-1-3-12-13(10)15-14(19-12)16-6-4-11-9(8-16)5-7-18-11/h5,7H,1-4,6,8H2. The Balaban J connectivity index is 1.65. The van der Waals surface area contributed by atoms with Gasteiger partial charge in [-0.1, -0.05) is 0 Å². The van der Waals surface area contributed by atoms with Crippen LogP contribution in [0.1, 0.15) is 38.6 Å². The molecule has 0 atom stereocenters. The molecule has 2 aromatic heterocycles. The van der Waals surface area contributed by atoms with Gasteiger partial charge in [-0.2, -0.15) is 0 Å². The van der Waals surface area contributed by atoms with Gasteiger partial charge in [0.25, 0.3) is 0 Å². The van der Waals surface area contributed by atoms with Crippen LogP contribution in [0, 0.1) is 0 Å². The number of fused-ring (bicyclic) bond motifs is 2. The Kier molecular flexibility index (Phi) is 2.70. The van der Waals surface area contributed by atoms with Gasteiger partial charge in [-0.25, -0.2) is 4.98 Å². The number of hydrogen-bond donors (Lipinski definition) is 0. The molecular formula is C14H14N2OS2. The fourth-order valence-electron chi connectivity index (χ4n) is 2.80. The normalized spacial score (nSPS) is 18.3. The number of aryl methyl sites for hydroxylation is 1. The molecule has 0 fully saturated rings. The van der Waals surface area contributed by atoms with Crippen molar-refractivity contribution in [1.82, 2.24) is 4.98 Å². The maximum absolute atomic E-state index is 11.9. The van der Waals surface area contributed by atoms with Crippen LogP contribution in [0.2, 0.25) is 0 Å². The molecule has 0 saturated carbocycles. The van der Waals surface area contributed by atoms with Crippen LogP contribution in [0.3, 0.4) is 0 Å². The van der Waals surface area contributed by atoms with Gasteiger partial charge in [-0.3, -0.25) is 4.79 Å². The van der Waals surface area contributed by atoms with Crippen molar-refractivity contribution in [2.45, 2.75) is 32.2 Å². The van der Waals surface area contributed by atoms with Gasteiger partial charge in [0, 0.05) is 29.3 Å². The number of ketones is 1. The minimum absolute atomic E-state index is 0.233. The fraction of sp³-hybridized carbons (Fsp3) is 0.429. The fourth-order valence-corrected chi connectivity index (χ4v) is 4.84. The first-order valence-corrected chi connectivity index (χ1v) is 8.34. The molecule has 0 N–H and O–H groups in total. The largest absolute Gasteiger partial charge is 0.343 e. The predicted molar refractivity (Wildman–Crippen MR) is 78.5 cm³/mol. The number of anilines is 1. The lowest BCUT2D eigenvalue weighted by molar-refractivity contribution is 0.0968. The molecule has 3 heterocycles. The van der Waals surface area contributed by atoms with Gasteiger partial charge in [0.15, 0.2) is 10.9 Å². The highest BCUT2D eigenvalue weighted by Crippen LogP contribution is 2.34. The Morgan fingerprint density at radius 2 is 2.16 bits per heavy atom. The number of thiophene rings is 1. The minimum Gasteiger partial charge on any atom is -0.343 e. The summed E-state index contributed by atoms with van der Waals surface area (Å²) in [6, 6.07) is 2.21. The summed E-state index contributed by atoms with van der Waals surface area (Å²) in [5, 5.41) is 3.21. The lowest BCUT2D eigenvalue weighted by Crippen LogP contribution is -2.29. The van der Waals surface area contributed by atoms with E-state index in [0.29, 0.717) is 6.42 Å². The first kappa shape index (κ1) is 11.6. The zero-order chi connectivity index (χ0) is 12.8. The SMILES string of the molecule is O=C1CCCc2sc(N3CCc4sccc4C3)nc21. The number of thiazole rings is 1. The molecule has 2 aromatic rings. The van der Waals surface area contributed by atoms with Crippen LogP contribution in [0.25, 0.3) is 0 Å². The van der Waals surface area contributed by atoms with Gasteiger partial charge in [0.2, 0.25) is 0 Å². The number of hydrogen-bond acceptors (Lipinski definition) is 5. The van der Waals surface area contributed by atoms with Gasteiger partial charge < -0.3 is 4.90 Å². The topological polar surface area (TPSA) is 33.2 Å². The van der Waals surface area contributed by atoms with E-state index in [1.165, 1.54) is 15.3 Å². The minimum atomic E-state index is 0.233. The summed E-state index contributed by atoms with van der Waals surface area (Å²) in [4.78, 5) is 21.5. The van der Waals surface area contributed by atoms with Crippen LogP contribution in [0.5, 0.6) is 0 Å². The second-order valence-corrected chi connectivity index (χ2v) is 7.15. The number of aromatic nitrogens is 1. The smallest absolute Gasteiger partial charge is 0.186 e. The highest BCUT2D eigenvalue weighted by Gasteiger charge is 2.26. The van der Waals surface area contributed by atoms with Crippen molar-refractivity contribution in [3.63, 3.8) is 0 Å². The Hall–Kier alpha value is -1.20. The summed E-state index contributed by atoms with van der Waals surface area (Å²) in [5.74, 6) is 0.233. The van der Waals surface area contributed by atoms with E-state index in [0.717, 1.165) is 43.2 Å². The zero-order valence-electron chi connectivity index (χ0n) is 10.5. The quantitative estimate of drug-likeness (QED) is 0.808. The molecule has 1 aliphatic carbocycles. The van der Waals surface area contributed by atoms with E-state index in [1.807, 2.05) is 11.3 Å².